The Morgan fingerprint density at radius 3 is 2.39 bits per heavy atom. The van der Waals surface area contributed by atoms with Gasteiger partial charge in [0.2, 0.25) is 5.91 Å². The van der Waals surface area contributed by atoms with Crippen molar-refractivity contribution >= 4 is 5.91 Å². The van der Waals surface area contributed by atoms with E-state index in [1.54, 1.807) is 0 Å². The van der Waals surface area contributed by atoms with Crippen LogP contribution in [0.2, 0.25) is 0 Å². The van der Waals surface area contributed by atoms with Gasteiger partial charge >= 0.3 is 0 Å². The second-order valence-corrected chi connectivity index (χ2v) is 5.57. The van der Waals surface area contributed by atoms with E-state index >= 15 is 0 Å². The highest BCUT2D eigenvalue weighted by Crippen LogP contribution is 2.32. The van der Waals surface area contributed by atoms with Gasteiger partial charge in [0, 0.05) is 32.7 Å². The Bertz CT molecular complexity index is 282. The maximum Gasteiger partial charge on any atom is 0.248 e. The lowest BCUT2D eigenvalue weighted by molar-refractivity contribution is -0.144. The summed E-state index contributed by atoms with van der Waals surface area (Å²) in [6.07, 6.45) is 4.33. The van der Waals surface area contributed by atoms with Crippen LogP contribution in [-0.4, -0.2) is 67.7 Å². The fraction of sp³-hybridized carbons (Fsp3) is 0.923. The first-order valence-corrected chi connectivity index (χ1v) is 6.96. The highest BCUT2D eigenvalue weighted by Gasteiger charge is 2.34. The summed E-state index contributed by atoms with van der Waals surface area (Å²) in [6, 6.07) is 0. The average molecular weight is 255 g/mol. The molecule has 0 aromatic rings. The molecular weight excluding hydrogens is 230 g/mol. The average Bonchev–Trinajstić information content (AvgIpc) is 2.86. The highest BCUT2D eigenvalue weighted by atomic mass is 16.5. The normalized spacial score (nSPS) is 24.4. The summed E-state index contributed by atoms with van der Waals surface area (Å²) in [5, 5.41) is 0. The zero-order chi connectivity index (χ0) is 13.0. The maximum atomic E-state index is 12.1. The molecule has 2 rings (SSSR count). The first-order valence-electron chi connectivity index (χ1n) is 6.96. The predicted octanol–water partition coefficient (Wildman–Crippen LogP) is 0.0485. The summed E-state index contributed by atoms with van der Waals surface area (Å²) in [5.41, 5.74) is 5.58. The van der Waals surface area contributed by atoms with E-state index in [0.29, 0.717) is 6.54 Å². The minimum absolute atomic E-state index is 0.114. The molecule has 1 saturated carbocycles. The third kappa shape index (κ3) is 3.22. The number of rotatable bonds is 4. The first kappa shape index (κ1) is 13.8. The van der Waals surface area contributed by atoms with E-state index in [9.17, 15) is 4.79 Å². The number of hydrogen-bond acceptors (Lipinski definition) is 4. The Labute approximate surface area is 109 Å². The van der Waals surface area contributed by atoms with E-state index in [4.69, 9.17) is 10.5 Å². The fourth-order valence-electron chi connectivity index (χ4n) is 2.79. The number of ether oxygens (including phenoxy) is 1. The molecule has 5 nitrogen and oxygen atoms in total. The van der Waals surface area contributed by atoms with E-state index < -0.39 is 0 Å². The van der Waals surface area contributed by atoms with Gasteiger partial charge in [-0.1, -0.05) is 12.8 Å². The summed E-state index contributed by atoms with van der Waals surface area (Å²) >= 11 is 0. The number of carbonyl (C=O) groups is 1. The molecule has 1 heterocycles. The molecule has 2 N–H and O–H groups in total. The van der Waals surface area contributed by atoms with Gasteiger partial charge in [0.25, 0.3) is 0 Å². The summed E-state index contributed by atoms with van der Waals surface area (Å²) < 4.78 is 5.85. The molecule has 0 bridgehead atoms. The van der Waals surface area contributed by atoms with Crippen molar-refractivity contribution in [2.45, 2.75) is 31.3 Å². The maximum absolute atomic E-state index is 12.1. The number of carbonyl (C=O) groups excluding carboxylic acids is 1. The lowest BCUT2D eigenvalue weighted by Gasteiger charge is -2.34. The quantitative estimate of drug-likeness (QED) is 0.771. The zero-order valence-electron chi connectivity index (χ0n) is 11.4. The van der Waals surface area contributed by atoms with Crippen LogP contribution in [0.1, 0.15) is 25.7 Å². The minimum atomic E-state index is -0.220. The third-order valence-corrected chi connectivity index (χ3v) is 4.24. The van der Waals surface area contributed by atoms with Gasteiger partial charge in [-0.2, -0.15) is 0 Å². The van der Waals surface area contributed by atoms with Crippen molar-refractivity contribution in [2.24, 2.45) is 5.73 Å². The molecule has 0 radical (unpaired) electrons. The van der Waals surface area contributed by atoms with Crippen LogP contribution in [0.25, 0.3) is 0 Å². The van der Waals surface area contributed by atoms with Gasteiger partial charge in [-0.25, -0.2) is 0 Å². The lowest BCUT2D eigenvalue weighted by Crippen LogP contribution is -2.49. The Kier molecular flexibility index (Phi) is 4.59. The molecule has 0 unspecified atom stereocenters. The van der Waals surface area contributed by atoms with E-state index in [-0.39, 0.29) is 18.1 Å². The van der Waals surface area contributed by atoms with Gasteiger partial charge in [0.1, 0.15) is 6.61 Å². The van der Waals surface area contributed by atoms with Gasteiger partial charge in [-0.05, 0) is 19.9 Å². The number of likely N-dealkylation sites (N-methyl/N-ethyl adjacent to an activating group) is 1. The topological polar surface area (TPSA) is 58.8 Å². The third-order valence-electron chi connectivity index (χ3n) is 4.24. The molecule has 1 aliphatic carbocycles. The van der Waals surface area contributed by atoms with Gasteiger partial charge in [0.05, 0.1) is 5.60 Å². The number of amides is 1. The summed E-state index contributed by atoms with van der Waals surface area (Å²) in [4.78, 5) is 16.2. The van der Waals surface area contributed by atoms with Crippen LogP contribution >= 0.6 is 0 Å². The van der Waals surface area contributed by atoms with Crippen molar-refractivity contribution in [3.05, 3.63) is 0 Å². The van der Waals surface area contributed by atoms with Crippen LogP contribution in [-0.2, 0) is 9.53 Å². The Morgan fingerprint density at radius 2 is 1.83 bits per heavy atom. The summed E-state index contributed by atoms with van der Waals surface area (Å²) in [7, 11) is 2.08. The molecule has 1 aliphatic heterocycles. The lowest BCUT2D eigenvalue weighted by atomic mass is 10.0. The Balaban J connectivity index is 1.77. The van der Waals surface area contributed by atoms with Crippen molar-refractivity contribution in [1.82, 2.24) is 9.80 Å². The summed E-state index contributed by atoms with van der Waals surface area (Å²) in [6.45, 7) is 4.26. The highest BCUT2D eigenvalue weighted by molar-refractivity contribution is 5.77. The summed E-state index contributed by atoms with van der Waals surface area (Å²) in [5.74, 6) is 0.114. The monoisotopic (exact) mass is 255 g/mol. The zero-order valence-corrected chi connectivity index (χ0v) is 11.4. The first-order chi connectivity index (χ1) is 8.65. The van der Waals surface area contributed by atoms with Crippen molar-refractivity contribution in [2.75, 3.05) is 46.4 Å². The van der Waals surface area contributed by atoms with Crippen LogP contribution in [0, 0.1) is 0 Å². The van der Waals surface area contributed by atoms with Crippen LogP contribution in [0.4, 0.5) is 0 Å². The second kappa shape index (κ2) is 5.99. The molecular formula is C13H25N3O2. The SMILES string of the molecule is CN1CCN(C(=O)COC2(CN)CCCC2)CC1. The van der Waals surface area contributed by atoms with E-state index in [1.165, 1.54) is 12.8 Å². The largest absolute Gasteiger partial charge is 0.364 e. The number of nitrogens with zero attached hydrogens (tertiary/aromatic N) is 2. The molecule has 2 aliphatic rings. The molecule has 1 amide bonds. The van der Waals surface area contributed by atoms with Gasteiger partial charge in [0.15, 0.2) is 0 Å². The predicted molar refractivity (Wildman–Crippen MR) is 70.3 cm³/mol. The fourth-order valence-corrected chi connectivity index (χ4v) is 2.79. The number of nitrogens with two attached hydrogens (primary N) is 1. The van der Waals surface area contributed by atoms with Crippen molar-refractivity contribution in [3.63, 3.8) is 0 Å². The van der Waals surface area contributed by atoms with Crippen LogP contribution in [0.15, 0.2) is 0 Å². The van der Waals surface area contributed by atoms with Crippen molar-refractivity contribution in [3.8, 4) is 0 Å². The Hall–Kier alpha value is -0.650. The van der Waals surface area contributed by atoms with Crippen LogP contribution in [0.3, 0.4) is 0 Å². The van der Waals surface area contributed by atoms with Crippen LogP contribution in [0.5, 0.6) is 0 Å². The smallest absolute Gasteiger partial charge is 0.248 e. The van der Waals surface area contributed by atoms with E-state index in [2.05, 4.69) is 11.9 Å². The molecule has 0 spiro atoms. The Morgan fingerprint density at radius 1 is 1.22 bits per heavy atom. The molecule has 0 atom stereocenters. The van der Waals surface area contributed by atoms with Gasteiger partial charge in [-0.3, -0.25) is 4.79 Å². The van der Waals surface area contributed by atoms with Crippen LogP contribution < -0.4 is 5.73 Å². The van der Waals surface area contributed by atoms with Gasteiger partial charge in [-0.15, -0.1) is 0 Å². The van der Waals surface area contributed by atoms with E-state index in [0.717, 1.165) is 39.0 Å². The standard InChI is InChI=1S/C13H25N3O2/c1-15-6-8-16(9-7-15)12(17)10-18-13(11-14)4-2-3-5-13/h2-11,14H2,1H3. The van der Waals surface area contributed by atoms with E-state index in [1.807, 2.05) is 4.90 Å². The van der Waals surface area contributed by atoms with Crippen molar-refractivity contribution in [1.29, 1.82) is 0 Å². The number of hydrogen-bond donors (Lipinski definition) is 1. The number of piperazine rings is 1. The molecule has 2 fully saturated rings. The molecule has 0 aromatic heterocycles. The second-order valence-electron chi connectivity index (χ2n) is 5.57. The molecule has 104 valence electrons. The van der Waals surface area contributed by atoms with Gasteiger partial charge < -0.3 is 20.3 Å². The molecule has 1 saturated heterocycles. The molecule has 0 aromatic carbocycles. The molecule has 18 heavy (non-hydrogen) atoms. The van der Waals surface area contributed by atoms with Crippen molar-refractivity contribution < 1.29 is 9.53 Å². The molecule has 5 heteroatoms. The minimum Gasteiger partial charge on any atom is -0.364 e.